The highest BCUT2D eigenvalue weighted by atomic mass is 16.5. The maximum absolute atomic E-state index is 11.1. The molecule has 2 amide bonds. The van der Waals surface area contributed by atoms with Crippen molar-refractivity contribution in [2.24, 2.45) is 11.5 Å². The van der Waals surface area contributed by atoms with Crippen LogP contribution in [0.2, 0.25) is 0 Å². The van der Waals surface area contributed by atoms with Crippen LogP contribution in [0.4, 0.5) is 4.79 Å². The average Bonchev–Trinajstić information content (AvgIpc) is 2.12. The maximum Gasteiger partial charge on any atom is 0.404 e. The molecule has 0 aromatic heterocycles. The van der Waals surface area contributed by atoms with E-state index in [9.17, 15) is 9.59 Å². The highest BCUT2D eigenvalue weighted by Gasteiger charge is 2.10. The molecule has 0 radical (unpaired) electrons. The van der Waals surface area contributed by atoms with Gasteiger partial charge >= 0.3 is 6.09 Å². The summed E-state index contributed by atoms with van der Waals surface area (Å²) in [7, 11) is 0. The monoisotopic (exact) mass is 201 g/mol. The predicted octanol–water partition coefficient (Wildman–Crippen LogP) is -0.899. The summed E-state index contributed by atoms with van der Waals surface area (Å²) in [4.78, 5) is 21.3. The summed E-state index contributed by atoms with van der Waals surface area (Å²) in [6.45, 7) is 3.70. The molecule has 5 N–H and O–H groups in total. The summed E-state index contributed by atoms with van der Waals surface area (Å²) in [5, 5.41) is 2.48. The van der Waals surface area contributed by atoms with Crippen LogP contribution in [0.15, 0.2) is 12.7 Å². The number of ether oxygens (including phenoxy) is 1. The fraction of sp³-hybridized carbons (Fsp3) is 0.500. The number of primary amides is 1. The summed E-state index contributed by atoms with van der Waals surface area (Å²) < 4.78 is 4.40. The summed E-state index contributed by atoms with van der Waals surface area (Å²) in [6.07, 6.45) is 1.10. The molecule has 0 fully saturated rings. The highest BCUT2D eigenvalue weighted by molar-refractivity contribution is 5.81. The van der Waals surface area contributed by atoms with E-state index >= 15 is 0 Å². The molecule has 6 nitrogen and oxygen atoms in total. The molecule has 1 atom stereocenters. The number of carbonyl (C=O) groups is 2. The summed E-state index contributed by atoms with van der Waals surface area (Å²) in [6, 6.07) is -0.610. The maximum atomic E-state index is 11.1. The van der Waals surface area contributed by atoms with Crippen LogP contribution in [-0.4, -0.2) is 31.2 Å². The summed E-state index contributed by atoms with van der Waals surface area (Å²) >= 11 is 0. The molecule has 0 bridgehead atoms. The third kappa shape index (κ3) is 6.01. The lowest BCUT2D eigenvalue weighted by molar-refractivity contribution is -0.122. The van der Waals surface area contributed by atoms with Crippen molar-refractivity contribution >= 4 is 12.0 Å². The molecular weight excluding hydrogens is 186 g/mol. The van der Waals surface area contributed by atoms with E-state index in [1.165, 1.54) is 0 Å². The van der Waals surface area contributed by atoms with Crippen molar-refractivity contribution in [3.8, 4) is 0 Å². The minimum absolute atomic E-state index is 0.0435. The van der Waals surface area contributed by atoms with Crippen LogP contribution in [-0.2, 0) is 9.53 Å². The van der Waals surface area contributed by atoms with Crippen molar-refractivity contribution in [3.05, 3.63) is 12.7 Å². The van der Waals surface area contributed by atoms with Gasteiger partial charge in [-0.25, -0.2) is 4.79 Å². The third-order valence-corrected chi connectivity index (χ3v) is 1.40. The van der Waals surface area contributed by atoms with Crippen molar-refractivity contribution in [2.75, 3.05) is 13.2 Å². The van der Waals surface area contributed by atoms with Gasteiger partial charge in [-0.2, -0.15) is 0 Å². The Morgan fingerprint density at radius 1 is 1.57 bits per heavy atom. The van der Waals surface area contributed by atoms with Crippen molar-refractivity contribution in [3.63, 3.8) is 0 Å². The number of hydrogen-bond donors (Lipinski definition) is 3. The van der Waals surface area contributed by atoms with E-state index in [-0.39, 0.29) is 19.1 Å². The van der Waals surface area contributed by atoms with Gasteiger partial charge in [-0.3, -0.25) is 4.79 Å². The Morgan fingerprint density at radius 2 is 2.21 bits per heavy atom. The van der Waals surface area contributed by atoms with Gasteiger partial charge in [-0.15, -0.1) is 6.58 Å². The third-order valence-electron chi connectivity index (χ3n) is 1.40. The van der Waals surface area contributed by atoms with Gasteiger partial charge in [0.1, 0.15) is 6.61 Å². The smallest absolute Gasteiger partial charge is 0.404 e. The zero-order valence-corrected chi connectivity index (χ0v) is 7.86. The second-order valence-corrected chi connectivity index (χ2v) is 2.59. The van der Waals surface area contributed by atoms with Gasteiger partial charge in [0.05, 0.1) is 12.6 Å². The second kappa shape index (κ2) is 6.90. The van der Waals surface area contributed by atoms with Gasteiger partial charge in [0.2, 0.25) is 5.91 Å². The molecular formula is C8H15N3O3. The molecule has 0 aliphatic carbocycles. The molecule has 80 valence electrons. The lowest BCUT2D eigenvalue weighted by Crippen LogP contribution is -2.41. The minimum atomic E-state index is -0.866. The summed E-state index contributed by atoms with van der Waals surface area (Å²) in [5.41, 5.74) is 10.2. The molecule has 0 saturated heterocycles. The molecule has 0 heterocycles. The van der Waals surface area contributed by atoms with Crippen LogP contribution in [0.5, 0.6) is 0 Å². The van der Waals surface area contributed by atoms with E-state index in [1.54, 1.807) is 6.08 Å². The van der Waals surface area contributed by atoms with E-state index in [4.69, 9.17) is 11.5 Å². The Kier molecular flexibility index (Phi) is 6.13. The number of rotatable bonds is 6. The number of amides is 2. The average molecular weight is 201 g/mol. The van der Waals surface area contributed by atoms with Gasteiger partial charge in [0, 0.05) is 0 Å². The first-order chi connectivity index (χ1) is 6.57. The van der Waals surface area contributed by atoms with Crippen LogP contribution in [0.25, 0.3) is 0 Å². The molecule has 0 aromatic carbocycles. The Morgan fingerprint density at radius 3 is 2.71 bits per heavy atom. The van der Waals surface area contributed by atoms with Crippen LogP contribution >= 0.6 is 0 Å². The van der Waals surface area contributed by atoms with Gasteiger partial charge in [-0.1, -0.05) is 6.08 Å². The van der Waals surface area contributed by atoms with Crippen LogP contribution in [0, 0.1) is 0 Å². The Hall–Kier alpha value is -1.56. The zero-order chi connectivity index (χ0) is 11.0. The van der Waals surface area contributed by atoms with E-state index in [0.717, 1.165) is 0 Å². The standard InChI is InChI=1S/C8H15N3O3/c1-2-3-6(9)7(12)11-4-5-14-8(10)13/h2,6H,1,3-5,9H2,(H2,10,13)(H,11,12). The molecule has 0 rings (SSSR count). The van der Waals surface area contributed by atoms with Gasteiger partial charge in [0.15, 0.2) is 0 Å². The van der Waals surface area contributed by atoms with Gasteiger partial charge in [0.25, 0.3) is 0 Å². The number of carbonyl (C=O) groups excluding carboxylic acids is 2. The molecule has 0 aliphatic rings. The first-order valence-electron chi connectivity index (χ1n) is 4.14. The Bertz CT molecular complexity index is 218. The SMILES string of the molecule is C=CCC(N)C(=O)NCCOC(N)=O. The fourth-order valence-electron chi connectivity index (χ4n) is 0.744. The lowest BCUT2D eigenvalue weighted by atomic mass is 10.2. The van der Waals surface area contributed by atoms with Crippen LogP contribution in [0.3, 0.4) is 0 Å². The van der Waals surface area contributed by atoms with E-state index in [1.807, 2.05) is 0 Å². The molecule has 0 aromatic rings. The molecule has 1 unspecified atom stereocenters. The molecule has 0 aliphatic heterocycles. The van der Waals surface area contributed by atoms with Gasteiger partial charge < -0.3 is 21.5 Å². The zero-order valence-electron chi connectivity index (χ0n) is 7.86. The van der Waals surface area contributed by atoms with E-state index in [2.05, 4.69) is 16.6 Å². The van der Waals surface area contributed by atoms with E-state index < -0.39 is 12.1 Å². The fourth-order valence-corrected chi connectivity index (χ4v) is 0.744. The molecule has 0 saturated carbocycles. The van der Waals surface area contributed by atoms with Gasteiger partial charge in [-0.05, 0) is 6.42 Å². The Balaban J connectivity index is 3.53. The number of hydrogen-bond acceptors (Lipinski definition) is 4. The van der Waals surface area contributed by atoms with Crippen molar-refractivity contribution in [2.45, 2.75) is 12.5 Å². The van der Waals surface area contributed by atoms with Crippen LogP contribution < -0.4 is 16.8 Å². The van der Waals surface area contributed by atoms with Crippen molar-refractivity contribution < 1.29 is 14.3 Å². The topological polar surface area (TPSA) is 107 Å². The molecule has 14 heavy (non-hydrogen) atoms. The largest absolute Gasteiger partial charge is 0.448 e. The number of nitrogens with one attached hydrogen (secondary N) is 1. The minimum Gasteiger partial charge on any atom is -0.448 e. The van der Waals surface area contributed by atoms with E-state index in [0.29, 0.717) is 6.42 Å². The first-order valence-corrected chi connectivity index (χ1v) is 4.14. The predicted molar refractivity (Wildman–Crippen MR) is 51.3 cm³/mol. The van der Waals surface area contributed by atoms with Crippen LogP contribution in [0.1, 0.15) is 6.42 Å². The number of nitrogens with two attached hydrogens (primary N) is 2. The molecule has 0 spiro atoms. The second-order valence-electron chi connectivity index (χ2n) is 2.59. The normalized spacial score (nSPS) is 11.5. The van der Waals surface area contributed by atoms with Crippen molar-refractivity contribution in [1.82, 2.24) is 5.32 Å². The summed E-state index contributed by atoms with van der Waals surface area (Å²) in [5.74, 6) is -0.307. The Labute approximate surface area is 82.3 Å². The quantitative estimate of drug-likeness (QED) is 0.382. The molecule has 6 heteroatoms. The highest BCUT2D eigenvalue weighted by Crippen LogP contribution is 1.87. The first kappa shape index (κ1) is 12.4. The lowest BCUT2D eigenvalue weighted by Gasteiger charge is -2.09. The van der Waals surface area contributed by atoms with Crippen molar-refractivity contribution in [1.29, 1.82) is 0 Å².